The Balaban J connectivity index is 1.55. The molecule has 28 heavy (non-hydrogen) atoms. The molecule has 2 nitrogen and oxygen atoms in total. The lowest BCUT2D eigenvalue weighted by Gasteiger charge is -2.60. The average Bonchev–Trinajstić information content (AvgIpc) is 2.91. The highest BCUT2D eigenvalue weighted by Crippen LogP contribution is 2.66. The van der Waals surface area contributed by atoms with E-state index in [1.54, 1.807) is 0 Å². The smallest absolute Gasteiger partial charge is 0.192 e. The second-order valence-electron chi connectivity index (χ2n) is 12.9. The van der Waals surface area contributed by atoms with Gasteiger partial charge in [0.2, 0.25) is 0 Å². The summed E-state index contributed by atoms with van der Waals surface area (Å²) in [4.78, 5) is 12.1. The van der Waals surface area contributed by atoms with Gasteiger partial charge < -0.3 is 4.43 Å². The maximum absolute atomic E-state index is 12.1. The number of hydrogen-bond donors (Lipinski definition) is 0. The zero-order chi connectivity index (χ0) is 20.5. The van der Waals surface area contributed by atoms with Crippen molar-refractivity contribution in [3.05, 3.63) is 0 Å². The first-order chi connectivity index (χ1) is 12.9. The Morgan fingerprint density at radius 2 is 1.61 bits per heavy atom. The van der Waals surface area contributed by atoms with E-state index < -0.39 is 8.32 Å². The van der Waals surface area contributed by atoms with Crippen LogP contribution in [0, 0.1) is 34.5 Å². The van der Waals surface area contributed by atoms with Gasteiger partial charge in [-0.2, -0.15) is 0 Å². The van der Waals surface area contributed by atoms with Crippen LogP contribution in [0.2, 0.25) is 18.1 Å². The maximum Gasteiger partial charge on any atom is 0.192 e. The van der Waals surface area contributed by atoms with Crippen molar-refractivity contribution >= 4 is 14.1 Å². The van der Waals surface area contributed by atoms with Crippen molar-refractivity contribution in [3.63, 3.8) is 0 Å². The highest BCUT2D eigenvalue weighted by molar-refractivity contribution is 6.74. The number of hydrogen-bond acceptors (Lipinski definition) is 2. The fourth-order valence-corrected chi connectivity index (χ4v) is 9.18. The molecule has 4 fully saturated rings. The molecule has 4 saturated carbocycles. The largest absolute Gasteiger partial charge is 0.413 e. The number of ketones is 1. The molecule has 0 aromatic carbocycles. The van der Waals surface area contributed by atoms with Gasteiger partial charge in [-0.3, -0.25) is 4.79 Å². The van der Waals surface area contributed by atoms with E-state index in [2.05, 4.69) is 47.7 Å². The SMILES string of the molecule is CC(C)(C)[Si](C)(C)OC1CC[C@@H]2[C@H]3CC[C@@H]4CC(=O)CC[C@@]4(C)[C@@H]3CC[C@@]12C. The quantitative estimate of drug-likeness (QED) is 0.464. The van der Waals surface area contributed by atoms with Gasteiger partial charge in [0.15, 0.2) is 8.32 Å². The Bertz CT molecular complexity index is 635. The molecule has 0 N–H and O–H groups in total. The molecule has 0 bridgehead atoms. The van der Waals surface area contributed by atoms with Crippen molar-refractivity contribution in [2.75, 3.05) is 0 Å². The van der Waals surface area contributed by atoms with E-state index in [1.165, 1.54) is 38.5 Å². The van der Waals surface area contributed by atoms with Crippen LogP contribution in [0.5, 0.6) is 0 Å². The van der Waals surface area contributed by atoms with Crippen molar-refractivity contribution < 1.29 is 9.22 Å². The standard InChI is InChI=1S/C25H44O2Si/c1-23(2,3)28(6,7)27-22-11-10-20-19-9-8-17-16-18(26)12-14-24(17,4)21(19)13-15-25(20,22)5/h17,19-22H,8-16H2,1-7H3/t17-,19-,20-,21-,22?,24-,25-/m1/s1. The Hall–Kier alpha value is -0.153. The molecular weight excluding hydrogens is 360 g/mol. The van der Waals surface area contributed by atoms with Gasteiger partial charge in [-0.15, -0.1) is 0 Å². The molecule has 1 unspecified atom stereocenters. The van der Waals surface area contributed by atoms with E-state index >= 15 is 0 Å². The topological polar surface area (TPSA) is 26.3 Å². The average molecular weight is 405 g/mol. The summed E-state index contributed by atoms with van der Waals surface area (Å²) >= 11 is 0. The summed E-state index contributed by atoms with van der Waals surface area (Å²) < 4.78 is 7.06. The lowest BCUT2D eigenvalue weighted by molar-refractivity contribution is -0.141. The highest BCUT2D eigenvalue weighted by Gasteiger charge is 2.61. The summed E-state index contributed by atoms with van der Waals surface area (Å²) in [5, 5.41) is 0.290. The number of rotatable bonds is 2. The highest BCUT2D eigenvalue weighted by atomic mass is 28.4. The fourth-order valence-electron chi connectivity index (χ4n) is 7.72. The molecule has 4 aliphatic carbocycles. The minimum Gasteiger partial charge on any atom is -0.413 e. The molecule has 7 atom stereocenters. The lowest BCUT2D eigenvalue weighted by atomic mass is 9.45. The lowest BCUT2D eigenvalue weighted by Crippen LogP contribution is -2.55. The molecule has 3 heteroatoms. The third-order valence-corrected chi connectivity index (χ3v) is 15.1. The van der Waals surface area contributed by atoms with Crippen molar-refractivity contribution in [1.82, 2.24) is 0 Å². The molecule has 0 saturated heterocycles. The maximum atomic E-state index is 12.1. The third-order valence-electron chi connectivity index (χ3n) is 10.6. The monoisotopic (exact) mass is 404 g/mol. The first-order valence-electron chi connectivity index (χ1n) is 12.1. The Morgan fingerprint density at radius 3 is 2.29 bits per heavy atom. The van der Waals surface area contributed by atoms with Gasteiger partial charge in [0.1, 0.15) is 5.78 Å². The van der Waals surface area contributed by atoms with Crippen LogP contribution >= 0.6 is 0 Å². The van der Waals surface area contributed by atoms with Crippen LogP contribution < -0.4 is 0 Å². The van der Waals surface area contributed by atoms with Crippen LogP contribution in [-0.4, -0.2) is 20.2 Å². The van der Waals surface area contributed by atoms with Crippen molar-refractivity contribution in [2.24, 2.45) is 34.5 Å². The number of carbonyl (C=O) groups is 1. The molecule has 0 amide bonds. The van der Waals surface area contributed by atoms with Gasteiger partial charge in [0.05, 0.1) is 6.10 Å². The van der Waals surface area contributed by atoms with Crippen LogP contribution in [0.15, 0.2) is 0 Å². The molecule has 0 radical (unpaired) electrons. The minimum atomic E-state index is -1.72. The number of Topliss-reactive ketones (excluding diaryl/α,β-unsaturated/α-hetero) is 1. The number of fused-ring (bicyclic) bond motifs is 5. The van der Waals surface area contributed by atoms with Crippen molar-refractivity contribution in [2.45, 2.75) is 117 Å². The van der Waals surface area contributed by atoms with E-state index in [4.69, 9.17) is 4.43 Å². The zero-order valence-corrected chi connectivity index (χ0v) is 20.6. The summed E-state index contributed by atoms with van der Waals surface area (Å²) in [6.45, 7) is 17.1. The molecular formula is C25H44O2Si. The predicted octanol–water partition coefficient (Wildman–Crippen LogP) is 6.99. The van der Waals surface area contributed by atoms with Crippen LogP contribution in [-0.2, 0) is 9.22 Å². The van der Waals surface area contributed by atoms with Crippen LogP contribution in [0.4, 0.5) is 0 Å². The Labute approximate surface area is 174 Å². The fraction of sp³-hybridized carbons (Fsp3) is 0.960. The van der Waals surface area contributed by atoms with Crippen LogP contribution in [0.25, 0.3) is 0 Å². The van der Waals surface area contributed by atoms with E-state index in [0.29, 0.717) is 33.7 Å². The summed E-state index contributed by atoms with van der Waals surface area (Å²) in [6.07, 6.45) is 11.4. The predicted molar refractivity (Wildman–Crippen MR) is 119 cm³/mol. The van der Waals surface area contributed by atoms with Gasteiger partial charge >= 0.3 is 0 Å². The van der Waals surface area contributed by atoms with Crippen LogP contribution in [0.1, 0.15) is 92.4 Å². The van der Waals surface area contributed by atoms with E-state index in [1.807, 2.05) is 0 Å². The normalized spacial score (nSPS) is 46.7. The molecule has 0 spiro atoms. The molecule has 0 aromatic heterocycles. The zero-order valence-electron chi connectivity index (χ0n) is 19.6. The Kier molecular flexibility index (Phi) is 5.03. The minimum absolute atomic E-state index is 0.290. The summed E-state index contributed by atoms with van der Waals surface area (Å²) in [7, 11) is -1.72. The van der Waals surface area contributed by atoms with E-state index in [0.717, 1.165) is 37.0 Å². The first kappa shape index (κ1) is 21.1. The van der Waals surface area contributed by atoms with Crippen molar-refractivity contribution in [3.8, 4) is 0 Å². The molecule has 0 aromatic rings. The summed E-state index contributed by atoms with van der Waals surface area (Å²) in [5.41, 5.74) is 0.806. The van der Waals surface area contributed by atoms with E-state index in [-0.39, 0.29) is 0 Å². The second-order valence-corrected chi connectivity index (χ2v) is 17.6. The molecule has 160 valence electrons. The third kappa shape index (κ3) is 3.09. The Morgan fingerprint density at radius 1 is 0.929 bits per heavy atom. The van der Waals surface area contributed by atoms with Gasteiger partial charge in [0.25, 0.3) is 0 Å². The molecule has 4 aliphatic rings. The van der Waals surface area contributed by atoms with E-state index in [9.17, 15) is 4.79 Å². The molecule has 0 heterocycles. The van der Waals surface area contributed by atoms with Gasteiger partial charge in [-0.05, 0) is 97.6 Å². The van der Waals surface area contributed by atoms with Gasteiger partial charge in [-0.1, -0.05) is 34.6 Å². The summed E-state index contributed by atoms with van der Waals surface area (Å²) in [6, 6.07) is 0. The van der Waals surface area contributed by atoms with Gasteiger partial charge in [-0.25, -0.2) is 0 Å². The number of carbonyl (C=O) groups excluding carboxylic acids is 1. The first-order valence-corrected chi connectivity index (χ1v) is 15.0. The summed E-state index contributed by atoms with van der Waals surface area (Å²) in [5.74, 6) is 3.77. The molecule has 4 rings (SSSR count). The van der Waals surface area contributed by atoms with Gasteiger partial charge in [0, 0.05) is 12.8 Å². The second kappa shape index (κ2) is 6.67. The molecule has 0 aliphatic heterocycles. The van der Waals surface area contributed by atoms with Crippen LogP contribution in [0.3, 0.4) is 0 Å². The van der Waals surface area contributed by atoms with Crippen molar-refractivity contribution in [1.29, 1.82) is 0 Å².